The number of benzene rings is 2. The van der Waals surface area contributed by atoms with Crippen LogP contribution in [0.4, 0.5) is 13.2 Å². The molecule has 0 fully saturated rings. The second kappa shape index (κ2) is 9.53. The maximum absolute atomic E-state index is 13.4. The predicted octanol–water partition coefficient (Wildman–Crippen LogP) is 4.54. The second-order valence-corrected chi connectivity index (χ2v) is 11.2. The van der Waals surface area contributed by atoms with Gasteiger partial charge in [0.25, 0.3) is 0 Å². The average molecular weight is 469 g/mol. The molecule has 1 N–H and O–H groups in total. The van der Waals surface area contributed by atoms with Crippen LogP contribution in [-0.2, 0) is 42.0 Å². The normalized spacial score (nSPS) is 17.6. The highest BCUT2D eigenvalue weighted by molar-refractivity contribution is 7.90. The van der Waals surface area contributed by atoms with Gasteiger partial charge in [0.1, 0.15) is 0 Å². The first-order valence-electron chi connectivity index (χ1n) is 10.8. The molecule has 0 saturated heterocycles. The number of hydrogen-bond acceptors (Lipinski definition) is 3. The van der Waals surface area contributed by atoms with E-state index in [4.69, 9.17) is 0 Å². The zero-order valence-corrected chi connectivity index (χ0v) is 19.8. The smallest absolute Gasteiger partial charge is 0.305 e. The van der Waals surface area contributed by atoms with Gasteiger partial charge in [-0.2, -0.15) is 13.2 Å². The molecule has 2 aromatic carbocycles. The van der Waals surface area contributed by atoms with Gasteiger partial charge < -0.3 is 4.90 Å². The highest BCUT2D eigenvalue weighted by Crippen LogP contribution is 2.32. The molecule has 0 radical (unpaired) electrons. The maximum atomic E-state index is 13.4. The SMILES string of the molecule is CCC(C)S(=O)(=O)N[C@H]1Cc2ccc(Cc3cc(CN(C)C)cc(C(F)(F)F)c3)cc2C1. The Balaban J connectivity index is 1.79. The van der Waals surface area contributed by atoms with Gasteiger partial charge in [0.05, 0.1) is 10.8 Å². The molecule has 1 aliphatic carbocycles. The Hall–Kier alpha value is -1.90. The zero-order valence-electron chi connectivity index (χ0n) is 19.0. The molecule has 2 atom stereocenters. The lowest BCUT2D eigenvalue weighted by Gasteiger charge is -2.16. The number of sulfonamides is 1. The molecule has 32 heavy (non-hydrogen) atoms. The van der Waals surface area contributed by atoms with E-state index in [1.54, 1.807) is 6.92 Å². The molecule has 0 aromatic heterocycles. The van der Waals surface area contributed by atoms with Gasteiger partial charge in [0, 0.05) is 12.6 Å². The van der Waals surface area contributed by atoms with E-state index in [1.807, 2.05) is 50.2 Å². The number of halogens is 3. The molecule has 0 spiro atoms. The summed E-state index contributed by atoms with van der Waals surface area (Å²) in [4.78, 5) is 1.84. The van der Waals surface area contributed by atoms with Gasteiger partial charge in [-0.05, 0) is 86.7 Å². The summed E-state index contributed by atoms with van der Waals surface area (Å²) in [6, 6.07) is 9.96. The number of nitrogens with zero attached hydrogens (tertiary/aromatic N) is 1. The summed E-state index contributed by atoms with van der Waals surface area (Å²) in [7, 11) is 0.287. The van der Waals surface area contributed by atoms with Crippen molar-refractivity contribution in [1.82, 2.24) is 9.62 Å². The number of alkyl halides is 3. The second-order valence-electron chi connectivity index (χ2n) is 9.04. The van der Waals surface area contributed by atoms with E-state index in [0.29, 0.717) is 43.4 Å². The molecule has 1 unspecified atom stereocenters. The molecule has 176 valence electrons. The number of fused-ring (bicyclic) bond motifs is 1. The van der Waals surface area contributed by atoms with E-state index < -0.39 is 27.0 Å². The monoisotopic (exact) mass is 468 g/mol. The maximum Gasteiger partial charge on any atom is 0.416 e. The topological polar surface area (TPSA) is 49.4 Å². The van der Waals surface area contributed by atoms with E-state index in [2.05, 4.69) is 4.72 Å². The van der Waals surface area contributed by atoms with Gasteiger partial charge in [-0.25, -0.2) is 13.1 Å². The van der Waals surface area contributed by atoms with Crippen LogP contribution in [0.3, 0.4) is 0 Å². The minimum atomic E-state index is -4.39. The van der Waals surface area contributed by atoms with Gasteiger partial charge in [-0.15, -0.1) is 0 Å². The van der Waals surface area contributed by atoms with Crippen molar-refractivity contribution in [2.24, 2.45) is 0 Å². The van der Waals surface area contributed by atoms with E-state index in [-0.39, 0.29) is 6.04 Å². The zero-order chi connectivity index (χ0) is 23.7. The molecule has 0 saturated carbocycles. The van der Waals surface area contributed by atoms with Gasteiger partial charge in [-0.3, -0.25) is 0 Å². The van der Waals surface area contributed by atoms with Crippen molar-refractivity contribution in [3.05, 3.63) is 69.8 Å². The molecule has 0 bridgehead atoms. The quantitative estimate of drug-likeness (QED) is 0.619. The minimum Gasteiger partial charge on any atom is -0.305 e. The van der Waals surface area contributed by atoms with Crippen LogP contribution in [0.15, 0.2) is 36.4 Å². The first kappa shape index (κ1) is 24.7. The van der Waals surface area contributed by atoms with Crippen molar-refractivity contribution in [2.45, 2.75) is 63.5 Å². The summed E-state index contributed by atoms with van der Waals surface area (Å²) >= 11 is 0. The highest BCUT2D eigenvalue weighted by Gasteiger charge is 2.31. The minimum absolute atomic E-state index is 0.181. The van der Waals surface area contributed by atoms with Crippen LogP contribution in [0.1, 0.15) is 53.6 Å². The Labute approximate surface area is 188 Å². The van der Waals surface area contributed by atoms with Gasteiger partial charge >= 0.3 is 6.18 Å². The molecule has 0 heterocycles. The van der Waals surface area contributed by atoms with Crippen LogP contribution in [0.2, 0.25) is 0 Å². The Bertz CT molecular complexity index is 1070. The lowest BCUT2D eigenvalue weighted by atomic mass is 9.97. The fourth-order valence-electron chi connectivity index (χ4n) is 4.15. The van der Waals surface area contributed by atoms with Crippen molar-refractivity contribution in [1.29, 1.82) is 0 Å². The third-order valence-corrected chi connectivity index (χ3v) is 7.98. The third kappa shape index (κ3) is 6.11. The lowest BCUT2D eigenvalue weighted by molar-refractivity contribution is -0.137. The third-order valence-electron chi connectivity index (χ3n) is 5.93. The molecule has 1 aliphatic rings. The van der Waals surface area contributed by atoms with Gasteiger partial charge in [0.2, 0.25) is 10.0 Å². The van der Waals surface area contributed by atoms with Crippen molar-refractivity contribution < 1.29 is 21.6 Å². The molecule has 0 amide bonds. The van der Waals surface area contributed by atoms with E-state index >= 15 is 0 Å². The molecule has 3 rings (SSSR count). The number of rotatable bonds is 8. The molecule has 0 aliphatic heterocycles. The fourth-order valence-corrected chi connectivity index (χ4v) is 5.46. The van der Waals surface area contributed by atoms with Gasteiger partial charge in [-0.1, -0.05) is 31.2 Å². The summed E-state index contributed by atoms with van der Waals surface area (Å²) in [6.45, 7) is 3.97. The molecule has 8 heteroatoms. The Morgan fingerprint density at radius 3 is 2.31 bits per heavy atom. The van der Waals surface area contributed by atoms with Crippen LogP contribution < -0.4 is 4.72 Å². The number of nitrogens with one attached hydrogen (secondary N) is 1. The first-order valence-corrected chi connectivity index (χ1v) is 12.4. The van der Waals surface area contributed by atoms with Crippen molar-refractivity contribution in [3.63, 3.8) is 0 Å². The van der Waals surface area contributed by atoms with Crippen LogP contribution in [0, 0.1) is 0 Å². The van der Waals surface area contributed by atoms with Crippen molar-refractivity contribution in [2.75, 3.05) is 14.1 Å². The number of hydrogen-bond donors (Lipinski definition) is 1. The highest BCUT2D eigenvalue weighted by atomic mass is 32.2. The van der Waals surface area contributed by atoms with E-state index in [0.717, 1.165) is 16.7 Å². The summed E-state index contributed by atoms with van der Waals surface area (Å²) in [6.07, 6.45) is -2.24. The van der Waals surface area contributed by atoms with Crippen molar-refractivity contribution in [3.8, 4) is 0 Å². The first-order chi connectivity index (χ1) is 14.9. The van der Waals surface area contributed by atoms with Crippen LogP contribution in [0.5, 0.6) is 0 Å². The summed E-state index contributed by atoms with van der Waals surface area (Å²) in [5.41, 5.74) is 3.67. The van der Waals surface area contributed by atoms with Crippen LogP contribution >= 0.6 is 0 Å². The Morgan fingerprint density at radius 2 is 1.69 bits per heavy atom. The average Bonchev–Trinajstić information content (AvgIpc) is 3.06. The standard InChI is InChI=1S/C24H31F3N2O2S/c1-5-16(2)32(30,31)28-23-13-20-7-6-17(10-21(20)14-23)8-18-9-19(15-29(3)4)12-22(11-18)24(25,26)27/h6-7,9-12,16,23,28H,5,8,13-15H2,1-4H3/t16?,23-/m0/s1. The van der Waals surface area contributed by atoms with Crippen LogP contribution in [-0.4, -0.2) is 38.7 Å². The summed E-state index contributed by atoms with van der Waals surface area (Å²) in [5, 5.41) is -0.445. The summed E-state index contributed by atoms with van der Waals surface area (Å²) < 4.78 is 67.8. The van der Waals surface area contributed by atoms with E-state index in [1.165, 1.54) is 12.1 Å². The Morgan fingerprint density at radius 1 is 1.03 bits per heavy atom. The largest absolute Gasteiger partial charge is 0.416 e. The predicted molar refractivity (Wildman–Crippen MR) is 121 cm³/mol. The molecule has 2 aromatic rings. The van der Waals surface area contributed by atoms with Crippen LogP contribution in [0.25, 0.3) is 0 Å². The Kier molecular flexibility index (Phi) is 7.37. The van der Waals surface area contributed by atoms with E-state index in [9.17, 15) is 21.6 Å². The molecular formula is C24H31F3N2O2S. The molecule has 4 nitrogen and oxygen atoms in total. The summed E-state index contributed by atoms with van der Waals surface area (Å²) in [5.74, 6) is 0. The van der Waals surface area contributed by atoms with Gasteiger partial charge in [0.15, 0.2) is 0 Å². The molecular weight excluding hydrogens is 437 g/mol. The van der Waals surface area contributed by atoms with Crippen molar-refractivity contribution >= 4 is 10.0 Å². The fraction of sp³-hybridized carbons (Fsp3) is 0.500. The lowest BCUT2D eigenvalue weighted by Crippen LogP contribution is -2.40.